The van der Waals surface area contributed by atoms with E-state index in [0.29, 0.717) is 12.6 Å². The van der Waals surface area contributed by atoms with E-state index >= 15 is 0 Å². The van der Waals surface area contributed by atoms with Gasteiger partial charge in [-0.3, -0.25) is 0 Å². The van der Waals surface area contributed by atoms with Crippen molar-refractivity contribution in [1.29, 1.82) is 0 Å². The predicted octanol–water partition coefficient (Wildman–Crippen LogP) is 4.04. The second-order valence-electron chi connectivity index (χ2n) is 3.93. The fraction of sp³-hybridized carbons (Fsp3) is 0.0714. The first-order valence-corrected chi connectivity index (χ1v) is 6.74. The Bertz CT molecular complexity index is 645. The third-order valence-corrected chi connectivity index (χ3v) is 3.73. The molecule has 0 spiro atoms. The molecule has 0 aliphatic heterocycles. The maximum absolute atomic E-state index is 5.60. The van der Waals surface area contributed by atoms with Gasteiger partial charge >= 0.3 is 0 Å². The van der Waals surface area contributed by atoms with Gasteiger partial charge in [-0.15, -0.1) is 0 Å². The first kappa shape index (κ1) is 11.5. The summed E-state index contributed by atoms with van der Waals surface area (Å²) in [7, 11) is 0. The second kappa shape index (κ2) is 4.97. The van der Waals surface area contributed by atoms with Gasteiger partial charge in [-0.05, 0) is 46.4 Å². The second-order valence-corrected chi connectivity index (χ2v) is 5.09. The van der Waals surface area contributed by atoms with Crippen molar-refractivity contribution in [3.05, 3.63) is 57.7 Å². The van der Waals surface area contributed by atoms with E-state index in [1.54, 1.807) is 0 Å². The molecule has 2 aromatic carbocycles. The maximum Gasteiger partial charge on any atom is 0.295 e. The van der Waals surface area contributed by atoms with E-state index in [1.165, 1.54) is 9.13 Å². The molecule has 0 bridgehead atoms. The standard InChI is InChI=1S/C14H11IN2O/c15-11-6-2-1-5-10(11)9-16-14-17-12-7-3-4-8-13(12)18-14/h1-8H,9H2,(H,16,17). The van der Waals surface area contributed by atoms with Gasteiger partial charge in [-0.25, -0.2) is 0 Å². The van der Waals surface area contributed by atoms with Crippen molar-refractivity contribution in [2.24, 2.45) is 0 Å². The number of rotatable bonds is 3. The smallest absolute Gasteiger partial charge is 0.295 e. The number of hydrogen-bond donors (Lipinski definition) is 1. The first-order valence-electron chi connectivity index (χ1n) is 5.66. The molecule has 0 aliphatic carbocycles. The van der Waals surface area contributed by atoms with E-state index in [9.17, 15) is 0 Å². The number of nitrogens with zero attached hydrogens (tertiary/aromatic N) is 1. The lowest BCUT2D eigenvalue weighted by Crippen LogP contribution is -2.00. The van der Waals surface area contributed by atoms with E-state index in [0.717, 1.165) is 11.1 Å². The number of halogens is 1. The normalized spacial score (nSPS) is 10.7. The zero-order valence-corrected chi connectivity index (χ0v) is 11.7. The number of oxazole rings is 1. The van der Waals surface area contributed by atoms with Crippen molar-refractivity contribution in [2.75, 3.05) is 5.32 Å². The Morgan fingerprint density at radius 2 is 1.83 bits per heavy atom. The minimum absolute atomic E-state index is 0.566. The molecule has 3 nitrogen and oxygen atoms in total. The van der Waals surface area contributed by atoms with Crippen molar-refractivity contribution >= 4 is 39.7 Å². The van der Waals surface area contributed by atoms with Crippen LogP contribution in [0.4, 0.5) is 6.01 Å². The lowest BCUT2D eigenvalue weighted by molar-refractivity contribution is 0.614. The summed E-state index contributed by atoms with van der Waals surface area (Å²) in [5.41, 5.74) is 2.92. The molecule has 0 unspecified atom stereocenters. The molecule has 3 aromatic rings. The molecule has 0 fully saturated rings. The highest BCUT2D eigenvalue weighted by molar-refractivity contribution is 14.1. The first-order chi connectivity index (χ1) is 8.83. The van der Waals surface area contributed by atoms with Crippen LogP contribution in [0.25, 0.3) is 11.1 Å². The molecule has 0 amide bonds. The summed E-state index contributed by atoms with van der Waals surface area (Å²) in [6.07, 6.45) is 0. The highest BCUT2D eigenvalue weighted by Crippen LogP contribution is 2.19. The van der Waals surface area contributed by atoms with Gasteiger partial charge in [-0.1, -0.05) is 30.3 Å². The molecule has 1 N–H and O–H groups in total. The van der Waals surface area contributed by atoms with Crippen molar-refractivity contribution in [1.82, 2.24) is 4.98 Å². The molecule has 0 aliphatic rings. The zero-order chi connectivity index (χ0) is 12.4. The Hall–Kier alpha value is -1.56. The number of anilines is 1. The lowest BCUT2D eigenvalue weighted by Gasteiger charge is -2.03. The quantitative estimate of drug-likeness (QED) is 0.725. The van der Waals surface area contributed by atoms with Gasteiger partial charge in [0.2, 0.25) is 0 Å². The summed E-state index contributed by atoms with van der Waals surface area (Å²) in [5, 5.41) is 3.21. The molecule has 0 radical (unpaired) electrons. The topological polar surface area (TPSA) is 38.1 Å². The maximum atomic E-state index is 5.60. The zero-order valence-electron chi connectivity index (χ0n) is 9.56. The van der Waals surface area contributed by atoms with Gasteiger partial charge in [-0.2, -0.15) is 4.98 Å². The number of nitrogens with one attached hydrogen (secondary N) is 1. The number of aromatic nitrogens is 1. The fourth-order valence-electron chi connectivity index (χ4n) is 1.76. The molecule has 3 rings (SSSR count). The third-order valence-electron chi connectivity index (χ3n) is 2.68. The third kappa shape index (κ3) is 2.33. The molecule has 0 atom stereocenters. The van der Waals surface area contributed by atoms with Crippen LogP contribution >= 0.6 is 22.6 Å². The molecular formula is C14H11IN2O. The van der Waals surface area contributed by atoms with Crippen LogP contribution in [0.1, 0.15) is 5.56 Å². The summed E-state index contributed by atoms with van der Waals surface area (Å²) in [5.74, 6) is 0. The van der Waals surface area contributed by atoms with Gasteiger partial charge < -0.3 is 9.73 Å². The SMILES string of the molecule is Ic1ccccc1CNc1nc2ccccc2o1. The summed E-state index contributed by atoms with van der Waals surface area (Å²) in [6, 6.07) is 16.6. The van der Waals surface area contributed by atoms with Crippen LogP contribution in [-0.4, -0.2) is 4.98 Å². The van der Waals surface area contributed by atoms with Crippen LogP contribution in [0.15, 0.2) is 52.9 Å². The van der Waals surface area contributed by atoms with E-state index in [-0.39, 0.29) is 0 Å². The van der Waals surface area contributed by atoms with Crippen LogP contribution in [-0.2, 0) is 6.54 Å². The molecule has 0 saturated carbocycles. The van der Waals surface area contributed by atoms with Crippen LogP contribution in [0.5, 0.6) is 0 Å². The van der Waals surface area contributed by atoms with Gasteiger partial charge in [0.05, 0.1) is 0 Å². The molecule has 18 heavy (non-hydrogen) atoms. The monoisotopic (exact) mass is 350 g/mol. The lowest BCUT2D eigenvalue weighted by atomic mass is 10.2. The Kier molecular flexibility index (Phi) is 3.19. The van der Waals surface area contributed by atoms with E-state index in [2.05, 4.69) is 45.0 Å². The summed E-state index contributed by atoms with van der Waals surface area (Å²) in [6.45, 7) is 0.714. The van der Waals surface area contributed by atoms with Gasteiger partial charge in [0.15, 0.2) is 5.58 Å². The van der Waals surface area contributed by atoms with Crippen LogP contribution in [0.3, 0.4) is 0 Å². The minimum atomic E-state index is 0.566. The Morgan fingerprint density at radius 3 is 2.67 bits per heavy atom. The minimum Gasteiger partial charge on any atom is -0.424 e. The Morgan fingerprint density at radius 1 is 1.06 bits per heavy atom. The Labute approximate surface area is 118 Å². The van der Waals surface area contributed by atoms with E-state index in [4.69, 9.17) is 4.42 Å². The summed E-state index contributed by atoms with van der Waals surface area (Å²) >= 11 is 2.33. The Balaban J connectivity index is 1.79. The highest BCUT2D eigenvalue weighted by Gasteiger charge is 2.05. The average molecular weight is 350 g/mol. The number of benzene rings is 2. The number of hydrogen-bond acceptors (Lipinski definition) is 3. The molecular weight excluding hydrogens is 339 g/mol. The number of para-hydroxylation sites is 2. The van der Waals surface area contributed by atoms with Crippen LogP contribution < -0.4 is 5.32 Å². The van der Waals surface area contributed by atoms with Gasteiger partial charge in [0, 0.05) is 10.1 Å². The van der Waals surface area contributed by atoms with Crippen molar-refractivity contribution < 1.29 is 4.42 Å². The summed E-state index contributed by atoms with van der Waals surface area (Å²) < 4.78 is 6.84. The molecule has 1 aromatic heterocycles. The van der Waals surface area contributed by atoms with Crippen molar-refractivity contribution in [3.63, 3.8) is 0 Å². The fourth-order valence-corrected chi connectivity index (χ4v) is 2.34. The molecule has 90 valence electrons. The molecule has 0 saturated heterocycles. The largest absolute Gasteiger partial charge is 0.424 e. The van der Waals surface area contributed by atoms with Crippen LogP contribution in [0.2, 0.25) is 0 Å². The van der Waals surface area contributed by atoms with Gasteiger partial charge in [0.25, 0.3) is 6.01 Å². The van der Waals surface area contributed by atoms with Crippen molar-refractivity contribution in [3.8, 4) is 0 Å². The summed E-state index contributed by atoms with van der Waals surface area (Å²) in [4.78, 5) is 4.38. The van der Waals surface area contributed by atoms with E-state index < -0.39 is 0 Å². The molecule has 1 heterocycles. The predicted molar refractivity (Wildman–Crippen MR) is 80.5 cm³/mol. The van der Waals surface area contributed by atoms with Crippen LogP contribution in [0, 0.1) is 3.57 Å². The highest BCUT2D eigenvalue weighted by atomic mass is 127. The number of fused-ring (bicyclic) bond motifs is 1. The van der Waals surface area contributed by atoms with Gasteiger partial charge in [0.1, 0.15) is 5.52 Å². The average Bonchev–Trinajstić information content (AvgIpc) is 2.80. The van der Waals surface area contributed by atoms with Crippen molar-refractivity contribution in [2.45, 2.75) is 6.54 Å². The molecule has 4 heteroatoms. The van der Waals surface area contributed by atoms with E-state index in [1.807, 2.05) is 36.4 Å².